The van der Waals surface area contributed by atoms with Gasteiger partial charge in [0.1, 0.15) is 17.8 Å². The van der Waals surface area contributed by atoms with Gasteiger partial charge >= 0.3 is 6.09 Å². The number of carbonyl (C=O) groups is 1. The maximum atomic E-state index is 12.3. The summed E-state index contributed by atoms with van der Waals surface area (Å²) >= 11 is 0. The molecule has 0 saturated heterocycles. The summed E-state index contributed by atoms with van der Waals surface area (Å²) in [5.41, 5.74) is 0.405. The van der Waals surface area contributed by atoms with Crippen LogP contribution in [0.5, 0.6) is 0 Å². The lowest BCUT2D eigenvalue weighted by Gasteiger charge is -2.26. The van der Waals surface area contributed by atoms with Gasteiger partial charge in [0, 0.05) is 27.7 Å². The summed E-state index contributed by atoms with van der Waals surface area (Å²) in [5.74, 6) is 1.50. The van der Waals surface area contributed by atoms with E-state index in [4.69, 9.17) is 4.74 Å². The lowest BCUT2D eigenvalue weighted by atomic mass is 10.1. The van der Waals surface area contributed by atoms with Gasteiger partial charge in [-0.05, 0) is 26.3 Å². The van der Waals surface area contributed by atoms with Crippen molar-refractivity contribution in [1.29, 1.82) is 0 Å². The molecule has 29 heavy (non-hydrogen) atoms. The van der Waals surface area contributed by atoms with Gasteiger partial charge in [0.15, 0.2) is 5.96 Å². The Morgan fingerprint density at radius 1 is 1.31 bits per heavy atom. The van der Waals surface area contributed by atoms with Crippen molar-refractivity contribution in [3.05, 3.63) is 48.0 Å². The molecule has 1 atom stereocenters. The van der Waals surface area contributed by atoms with Crippen molar-refractivity contribution < 1.29 is 9.53 Å². The van der Waals surface area contributed by atoms with Crippen LogP contribution in [0.15, 0.2) is 41.7 Å². The molecular formula is C20H31N7O2. The first-order valence-corrected chi connectivity index (χ1v) is 9.48. The van der Waals surface area contributed by atoms with E-state index in [1.165, 1.54) is 6.33 Å². The summed E-state index contributed by atoms with van der Waals surface area (Å²) in [5, 5.41) is 10.3. The molecule has 158 valence electrons. The molecule has 0 bridgehead atoms. The molecule has 0 spiro atoms. The zero-order valence-corrected chi connectivity index (χ0v) is 18.0. The van der Waals surface area contributed by atoms with Gasteiger partial charge in [-0.3, -0.25) is 9.67 Å². The van der Waals surface area contributed by atoms with Gasteiger partial charge in [0.05, 0.1) is 12.6 Å². The molecule has 1 aromatic carbocycles. The first kappa shape index (κ1) is 22.2. The normalized spacial score (nSPS) is 13.0. The fraction of sp³-hybridized carbons (Fsp3) is 0.500. The number of benzene rings is 1. The summed E-state index contributed by atoms with van der Waals surface area (Å²) in [7, 11) is 5.49. The minimum Gasteiger partial charge on any atom is -0.444 e. The number of aromatic nitrogens is 3. The number of hydrogen-bond donors (Lipinski definition) is 2. The highest BCUT2D eigenvalue weighted by atomic mass is 16.6. The molecule has 0 radical (unpaired) electrons. The Hall–Kier alpha value is -3.10. The minimum absolute atomic E-state index is 0.286. The Bertz CT molecular complexity index is 812. The summed E-state index contributed by atoms with van der Waals surface area (Å²) in [6.07, 6.45) is 1.06. The molecule has 0 saturated carbocycles. The zero-order chi connectivity index (χ0) is 21.4. The molecule has 2 N–H and O–H groups in total. The summed E-state index contributed by atoms with van der Waals surface area (Å²) in [4.78, 5) is 22.8. The number of aliphatic imine (C=N–C) groups is 1. The fourth-order valence-corrected chi connectivity index (χ4v) is 2.72. The molecule has 0 aliphatic rings. The number of nitrogens with one attached hydrogen (secondary N) is 2. The van der Waals surface area contributed by atoms with Crippen LogP contribution < -0.4 is 10.6 Å². The molecule has 0 fully saturated rings. The second-order valence-electron chi connectivity index (χ2n) is 7.69. The molecule has 0 aliphatic carbocycles. The quantitative estimate of drug-likeness (QED) is 0.568. The number of alkyl carbamates (subject to hydrolysis) is 1. The minimum atomic E-state index is -0.564. The summed E-state index contributed by atoms with van der Waals surface area (Å²) in [6.45, 7) is 6.51. The Morgan fingerprint density at radius 2 is 2.00 bits per heavy atom. The van der Waals surface area contributed by atoms with Crippen molar-refractivity contribution >= 4 is 12.1 Å². The number of nitrogens with zero attached hydrogens (tertiary/aromatic N) is 5. The smallest absolute Gasteiger partial charge is 0.408 e. The van der Waals surface area contributed by atoms with Crippen LogP contribution in [0.2, 0.25) is 0 Å². The first-order valence-electron chi connectivity index (χ1n) is 9.48. The van der Waals surface area contributed by atoms with Crippen molar-refractivity contribution in [3.8, 4) is 0 Å². The third kappa shape index (κ3) is 7.10. The molecule has 0 aliphatic heterocycles. The molecule has 1 unspecified atom stereocenters. The molecule has 9 nitrogen and oxygen atoms in total. The first-order chi connectivity index (χ1) is 13.7. The van der Waals surface area contributed by atoms with Gasteiger partial charge in [0.25, 0.3) is 0 Å². The lowest BCUT2D eigenvalue weighted by molar-refractivity contribution is 0.0504. The van der Waals surface area contributed by atoms with Gasteiger partial charge in [-0.2, -0.15) is 5.10 Å². The van der Waals surface area contributed by atoms with Gasteiger partial charge < -0.3 is 20.3 Å². The second kappa shape index (κ2) is 9.90. The van der Waals surface area contributed by atoms with E-state index in [1.807, 2.05) is 70.1 Å². The molecule has 1 aromatic heterocycles. The van der Waals surface area contributed by atoms with Crippen LogP contribution in [0.1, 0.15) is 38.2 Å². The van der Waals surface area contributed by atoms with Crippen LogP contribution in [-0.4, -0.2) is 58.0 Å². The molecule has 1 amide bonds. The fourth-order valence-electron chi connectivity index (χ4n) is 2.72. The Balaban J connectivity index is 2.05. The molecule has 2 aromatic rings. The van der Waals surface area contributed by atoms with Crippen LogP contribution in [-0.2, 0) is 18.3 Å². The number of rotatable bonds is 6. The average Bonchev–Trinajstić information content (AvgIpc) is 3.05. The van der Waals surface area contributed by atoms with Crippen molar-refractivity contribution in [1.82, 2.24) is 30.3 Å². The van der Waals surface area contributed by atoms with Crippen LogP contribution in [0.25, 0.3) is 0 Å². The van der Waals surface area contributed by atoms with E-state index in [0.717, 1.165) is 11.4 Å². The van der Waals surface area contributed by atoms with Crippen LogP contribution in [0.4, 0.5) is 4.79 Å². The van der Waals surface area contributed by atoms with Crippen molar-refractivity contribution in [3.63, 3.8) is 0 Å². The number of carbonyl (C=O) groups excluding carboxylic acids is 1. The molecule has 2 rings (SSSR count). The third-order valence-electron chi connectivity index (χ3n) is 4.11. The zero-order valence-electron chi connectivity index (χ0n) is 18.0. The number of guanidine groups is 1. The highest BCUT2D eigenvalue weighted by molar-refractivity contribution is 5.79. The van der Waals surface area contributed by atoms with Crippen LogP contribution in [0, 0.1) is 0 Å². The van der Waals surface area contributed by atoms with Crippen molar-refractivity contribution in [2.24, 2.45) is 12.0 Å². The molecule has 1 heterocycles. The van der Waals surface area contributed by atoms with Gasteiger partial charge in [-0.15, -0.1) is 0 Å². The maximum Gasteiger partial charge on any atom is 0.408 e. The third-order valence-corrected chi connectivity index (χ3v) is 4.11. The van der Waals surface area contributed by atoms with Gasteiger partial charge in [-0.25, -0.2) is 9.78 Å². The van der Waals surface area contributed by atoms with E-state index >= 15 is 0 Å². The average molecular weight is 402 g/mol. The number of hydrogen-bond acceptors (Lipinski definition) is 5. The van der Waals surface area contributed by atoms with E-state index in [1.54, 1.807) is 11.7 Å². The highest BCUT2D eigenvalue weighted by Gasteiger charge is 2.21. The van der Waals surface area contributed by atoms with Crippen molar-refractivity contribution in [2.45, 2.75) is 39.0 Å². The van der Waals surface area contributed by atoms with E-state index < -0.39 is 11.7 Å². The largest absolute Gasteiger partial charge is 0.444 e. The van der Waals surface area contributed by atoms with Crippen molar-refractivity contribution in [2.75, 3.05) is 20.6 Å². The molecular weight excluding hydrogens is 370 g/mol. The molecule has 9 heteroatoms. The monoisotopic (exact) mass is 401 g/mol. The summed E-state index contributed by atoms with van der Waals surface area (Å²) < 4.78 is 7.14. The number of aryl methyl sites for hydroxylation is 1. The van der Waals surface area contributed by atoms with E-state index in [2.05, 4.69) is 25.7 Å². The number of ether oxygens (including phenoxy) is 1. The summed E-state index contributed by atoms with van der Waals surface area (Å²) in [6, 6.07) is 9.47. The topological polar surface area (TPSA) is 96.7 Å². The predicted octanol–water partition coefficient (Wildman–Crippen LogP) is 2.09. The van der Waals surface area contributed by atoms with E-state index in [9.17, 15) is 4.79 Å². The van der Waals surface area contributed by atoms with Crippen LogP contribution >= 0.6 is 0 Å². The van der Waals surface area contributed by atoms with E-state index in [0.29, 0.717) is 19.0 Å². The van der Waals surface area contributed by atoms with Gasteiger partial charge in [0.2, 0.25) is 0 Å². The maximum absolute atomic E-state index is 12.3. The Labute approximate surface area is 172 Å². The second-order valence-corrected chi connectivity index (χ2v) is 7.69. The number of amides is 1. The standard InChI is InChI=1S/C20H31N7O2/c1-20(2,3)29-19(28)25-16(15-10-8-7-9-11-15)12-22-18(21-4)26(5)13-17-23-14-24-27(17)6/h7-11,14,16H,12-13H2,1-6H3,(H,21,22)(H,25,28). The van der Waals surface area contributed by atoms with E-state index in [-0.39, 0.29) is 6.04 Å². The Morgan fingerprint density at radius 3 is 2.55 bits per heavy atom. The Kier molecular flexibility index (Phi) is 7.58. The SMILES string of the molecule is CN=C(NCC(NC(=O)OC(C)(C)C)c1ccccc1)N(C)Cc1ncnn1C. The lowest BCUT2D eigenvalue weighted by Crippen LogP contribution is -2.44. The van der Waals surface area contributed by atoms with Gasteiger partial charge in [-0.1, -0.05) is 30.3 Å². The van der Waals surface area contributed by atoms with Crippen LogP contribution in [0.3, 0.4) is 0 Å². The predicted molar refractivity (Wildman–Crippen MR) is 112 cm³/mol. The highest BCUT2D eigenvalue weighted by Crippen LogP contribution is 2.14.